The van der Waals surface area contributed by atoms with E-state index >= 15 is 0 Å². The highest BCUT2D eigenvalue weighted by Gasteiger charge is 2.26. The normalized spacial score (nSPS) is 24.9. The highest BCUT2D eigenvalue weighted by molar-refractivity contribution is 7.07. The number of amides is 1. The van der Waals surface area contributed by atoms with E-state index in [9.17, 15) is 4.79 Å². The first-order valence-electron chi connectivity index (χ1n) is 7.35. The molecule has 1 unspecified atom stereocenters. The molecule has 0 aromatic carbocycles. The second-order valence-electron chi connectivity index (χ2n) is 5.73. The number of hydrogen-bond donors (Lipinski definition) is 1. The molecule has 0 aliphatic heterocycles. The van der Waals surface area contributed by atoms with Gasteiger partial charge in [0.2, 0.25) is 5.91 Å². The molecule has 1 saturated carbocycles. The van der Waals surface area contributed by atoms with Crippen LogP contribution >= 0.6 is 11.3 Å². The number of thiazole rings is 1. The Hall–Kier alpha value is -0.900. The van der Waals surface area contributed by atoms with Crippen LogP contribution in [-0.2, 0) is 11.2 Å². The molecule has 2 rings (SSSR count). The van der Waals surface area contributed by atoms with Gasteiger partial charge in [0.1, 0.15) is 0 Å². The summed E-state index contributed by atoms with van der Waals surface area (Å²) in [6.45, 7) is 4.60. The van der Waals surface area contributed by atoms with Crippen molar-refractivity contribution in [3.63, 3.8) is 0 Å². The van der Waals surface area contributed by atoms with Crippen LogP contribution in [0.1, 0.15) is 51.6 Å². The van der Waals surface area contributed by atoms with E-state index in [4.69, 9.17) is 0 Å². The van der Waals surface area contributed by atoms with Crippen LogP contribution in [0.3, 0.4) is 0 Å². The van der Waals surface area contributed by atoms with Gasteiger partial charge in [-0.1, -0.05) is 33.1 Å². The Labute approximate surface area is 119 Å². The molecule has 3 nitrogen and oxygen atoms in total. The van der Waals surface area contributed by atoms with E-state index < -0.39 is 0 Å². The van der Waals surface area contributed by atoms with Gasteiger partial charge in [-0.15, -0.1) is 11.3 Å². The van der Waals surface area contributed by atoms with Crippen LogP contribution in [-0.4, -0.2) is 16.9 Å². The Morgan fingerprint density at radius 2 is 2.42 bits per heavy atom. The van der Waals surface area contributed by atoms with Crippen molar-refractivity contribution in [3.8, 4) is 0 Å². The van der Waals surface area contributed by atoms with E-state index in [1.54, 1.807) is 16.8 Å². The zero-order valence-electron chi connectivity index (χ0n) is 11.9. The number of carbonyl (C=O) groups excluding carboxylic acids is 1. The molecule has 0 spiro atoms. The maximum absolute atomic E-state index is 12.0. The molecular weight excluding hydrogens is 256 g/mol. The minimum absolute atomic E-state index is 0.126. The minimum atomic E-state index is 0.126. The first-order chi connectivity index (χ1) is 9.19. The third-order valence-electron chi connectivity index (χ3n) is 4.35. The fraction of sp³-hybridized carbons (Fsp3) is 0.733. The largest absolute Gasteiger partial charge is 0.353 e. The van der Waals surface area contributed by atoms with E-state index in [2.05, 4.69) is 24.1 Å². The number of nitrogens with one attached hydrogen (secondary N) is 1. The summed E-state index contributed by atoms with van der Waals surface area (Å²) in [5.74, 6) is 1.68. The first kappa shape index (κ1) is 14.5. The van der Waals surface area contributed by atoms with Crippen molar-refractivity contribution in [2.45, 2.75) is 58.4 Å². The van der Waals surface area contributed by atoms with Crippen molar-refractivity contribution in [3.05, 3.63) is 16.6 Å². The van der Waals surface area contributed by atoms with Crippen LogP contribution in [0.15, 0.2) is 10.9 Å². The molecule has 0 radical (unpaired) electrons. The molecule has 1 aromatic heterocycles. The fourth-order valence-corrected chi connectivity index (χ4v) is 3.54. The Morgan fingerprint density at radius 1 is 1.58 bits per heavy atom. The van der Waals surface area contributed by atoms with Crippen molar-refractivity contribution in [1.29, 1.82) is 0 Å². The number of aromatic nitrogens is 1. The maximum Gasteiger partial charge on any atom is 0.226 e. The topological polar surface area (TPSA) is 42.0 Å². The van der Waals surface area contributed by atoms with Gasteiger partial charge in [0, 0.05) is 11.4 Å². The van der Waals surface area contributed by atoms with Crippen LogP contribution in [0.5, 0.6) is 0 Å². The summed E-state index contributed by atoms with van der Waals surface area (Å²) in [6, 6.07) is 0.374. The van der Waals surface area contributed by atoms with E-state index in [1.165, 1.54) is 19.3 Å². The summed E-state index contributed by atoms with van der Waals surface area (Å²) >= 11 is 1.54. The lowest BCUT2D eigenvalue weighted by Gasteiger charge is -2.33. The second kappa shape index (κ2) is 7.04. The first-order valence-corrected chi connectivity index (χ1v) is 8.29. The van der Waals surface area contributed by atoms with Crippen LogP contribution in [0.4, 0.5) is 0 Å². The quantitative estimate of drug-likeness (QED) is 0.898. The Kier molecular flexibility index (Phi) is 5.37. The van der Waals surface area contributed by atoms with Gasteiger partial charge in [-0.2, -0.15) is 0 Å². The highest BCUT2D eigenvalue weighted by Crippen LogP contribution is 2.31. The van der Waals surface area contributed by atoms with Crippen LogP contribution in [0, 0.1) is 11.8 Å². The van der Waals surface area contributed by atoms with Crippen molar-refractivity contribution < 1.29 is 4.79 Å². The van der Waals surface area contributed by atoms with Crippen LogP contribution in [0.25, 0.3) is 0 Å². The molecule has 1 amide bonds. The molecule has 3 atom stereocenters. The molecule has 1 aromatic rings. The van der Waals surface area contributed by atoms with E-state index in [-0.39, 0.29) is 5.91 Å². The SMILES string of the molecule is CCC(C)[C@@H]1CCC[C@@H](NC(=O)Cc2cscn2)C1. The number of carbonyl (C=O) groups is 1. The molecule has 19 heavy (non-hydrogen) atoms. The van der Waals surface area contributed by atoms with E-state index in [0.717, 1.165) is 30.4 Å². The molecule has 106 valence electrons. The lowest BCUT2D eigenvalue weighted by atomic mass is 9.77. The molecular formula is C15H24N2OS. The van der Waals surface area contributed by atoms with Gasteiger partial charge in [0.05, 0.1) is 17.6 Å². The van der Waals surface area contributed by atoms with Crippen molar-refractivity contribution in [2.75, 3.05) is 0 Å². The predicted molar refractivity (Wildman–Crippen MR) is 79.2 cm³/mol. The summed E-state index contributed by atoms with van der Waals surface area (Å²) in [7, 11) is 0. The predicted octanol–water partition coefficient (Wildman–Crippen LogP) is 3.41. The van der Waals surface area contributed by atoms with Gasteiger partial charge < -0.3 is 5.32 Å². The smallest absolute Gasteiger partial charge is 0.226 e. The van der Waals surface area contributed by atoms with Gasteiger partial charge in [0.15, 0.2) is 0 Å². The molecule has 4 heteroatoms. The second-order valence-corrected chi connectivity index (χ2v) is 6.45. The number of hydrogen-bond acceptors (Lipinski definition) is 3. The minimum Gasteiger partial charge on any atom is -0.353 e. The summed E-state index contributed by atoms with van der Waals surface area (Å²) in [6.07, 6.45) is 6.52. The third kappa shape index (κ3) is 4.30. The van der Waals surface area contributed by atoms with Gasteiger partial charge in [-0.3, -0.25) is 4.79 Å². The number of rotatable bonds is 5. The average molecular weight is 280 g/mol. The van der Waals surface area contributed by atoms with E-state index in [0.29, 0.717) is 12.5 Å². The Morgan fingerprint density at radius 3 is 3.11 bits per heavy atom. The number of nitrogens with zero attached hydrogens (tertiary/aromatic N) is 1. The molecule has 0 saturated heterocycles. The Bertz CT molecular complexity index is 391. The van der Waals surface area contributed by atoms with Gasteiger partial charge >= 0.3 is 0 Å². The summed E-state index contributed by atoms with van der Waals surface area (Å²) in [5, 5.41) is 5.14. The summed E-state index contributed by atoms with van der Waals surface area (Å²) in [5.41, 5.74) is 2.67. The molecule has 0 bridgehead atoms. The summed E-state index contributed by atoms with van der Waals surface area (Å²) < 4.78 is 0. The molecule has 1 N–H and O–H groups in total. The fourth-order valence-electron chi connectivity index (χ4n) is 2.98. The van der Waals surface area contributed by atoms with Gasteiger partial charge in [-0.05, 0) is 24.7 Å². The van der Waals surface area contributed by atoms with Crippen molar-refractivity contribution >= 4 is 17.2 Å². The monoisotopic (exact) mass is 280 g/mol. The van der Waals surface area contributed by atoms with Gasteiger partial charge in [-0.25, -0.2) is 4.98 Å². The molecule has 1 fully saturated rings. The molecule has 1 heterocycles. The zero-order valence-corrected chi connectivity index (χ0v) is 12.7. The van der Waals surface area contributed by atoms with Crippen LogP contribution < -0.4 is 5.32 Å². The van der Waals surface area contributed by atoms with Gasteiger partial charge in [0.25, 0.3) is 0 Å². The van der Waals surface area contributed by atoms with Crippen LogP contribution in [0.2, 0.25) is 0 Å². The lowest BCUT2D eigenvalue weighted by Crippen LogP contribution is -2.40. The molecule has 1 aliphatic rings. The zero-order chi connectivity index (χ0) is 13.7. The molecule has 1 aliphatic carbocycles. The van der Waals surface area contributed by atoms with Crippen molar-refractivity contribution in [2.24, 2.45) is 11.8 Å². The lowest BCUT2D eigenvalue weighted by molar-refractivity contribution is -0.121. The van der Waals surface area contributed by atoms with E-state index in [1.807, 2.05) is 5.38 Å². The Balaban J connectivity index is 1.80. The van der Waals surface area contributed by atoms with Crippen molar-refractivity contribution in [1.82, 2.24) is 10.3 Å². The maximum atomic E-state index is 12.0. The summed E-state index contributed by atoms with van der Waals surface area (Å²) in [4.78, 5) is 16.1. The third-order valence-corrected chi connectivity index (χ3v) is 4.99. The average Bonchev–Trinajstić information content (AvgIpc) is 2.90. The highest BCUT2D eigenvalue weighted by atomic mass is 32.1. The standard InChI is InChI=1S/C15H24N2OS/c1-3-11(2)12-5-4-6-13(7-12)17-15(18)8-14-9-19-10-16-14/h9-13H,3-8H2,1-2H3,(H,17,18)/t11?,12-,13-/m1/s1.